The summed E-state index contributed by atoms with van der Waals surface area (Å²) in [5, 5.41) is 10.6. The molecule has 0 aliphatic heterocycles. The average Bonchev–Trinajstić information content (AvgIpc) is 1.67. The van der Waals surface area contributed by atoms with Gasteiger partial charge in [-0.05, 0) is 31.6 Å². The van der Waals surface area contributed by atoms with E-state index >= 15 is 0 Å². The van der Waals surface area contributed by atoms with Gasteiger partial charge in [0.1, 0.15) is 19.3 Å². The van der Waals surface area contributed by atoms with Gasteiger partial charge in [0.25, 0.3) is 0 Å². The third-order valence-electron chi connectivity index (χ3n) is 18.3. The minimum atomic E-state index is -4.96. The molecule has 0 saturated carbocycles. The van der Waals surface area contributed by atoms with E-state index in [1.165, 1.54) is 238 Å². The summed E-state index contributed by atoms with van der Waals surface area (Å²) in [5.74, 6) is -1.34. The fourth-order valence-corrected chi connectivity index (χ4v) is 13.6. The van der Waals surface area contributed by atoms with Gasteiger partial charge in [0.2, 0.25) is 0 Å². The molecule has 0 fully saturated rings. The number of aliphatic hydroxyl groups excluding tert-OH is 1. The minimum absolute atomic E-state index is 0.108. The van der Waals surface area contributed by atoms with E-state index in [0.717, 1.165) is 95.8 Å². The second kappa shape index (κ2) is 71.1. The second-order valence-electron chi connectivity index (χ2n) is 28.6. The summed E-state index contributed by atoms with van der Waals surface area (Å²) in [5.41, 5.74) is 0. The molecule has 0 aliphatic rings. The van der Waals surface area contributed by atoms with Crippen LogP contribution in [0.3, 0.4) is 0 Å². The van der Waals surface area contributed by atoms with Gasteiger partial charge >= 0.3 is 39.5 Å². The van der Waals surface area contributed by atoms with Gasteiger partial charge in [-0.2, -0.15) is 0 Å². The molecule has 0 aliphatic carbocycles. The van der Waals surface area contributed by atoms with Crippen LogP contribution in [0.4, 0.5) is 0 Å². The Balaban J connectivity index is 5.24. The van der Waals surface area contributed by atoms with Crippen LogP contribution in [0.15, 0.2) is 0 Å². The van der Waals surface area contributed by atoms with E-state index in [4.69, 9.17) is 37.0 Å². The zero-order valence-electron chi connectivity index (χ0n) is 63.2. The summed E-state index contributed by atoms with van der Waals surface area (Å²) in [7, 11) is -9.91. The molecule has 17 nitrogen and oxygen atoms in total. The first-order chi connectivity index (χ1) is 47.0. The maximum Gasteiger partial charge on any atom is 0.472 e. The molecule has 0 heterocycles. The fraction of sp³-hybridized carbons (Fsp3) is 0.949. The Hall–Kier alpha value is -1.94. The number of ether oxygens (including phenoxy) is 4. The molecule has 5 atom stereocenters. The molecular weight excluding hydrogens is 1270 g/mol. The van der Waals surface area contributed by atoms with Gasteiger partial charge in [0.05, 0.1) is 26.4 Å². The minimum Gasteiger partial charge on any atom is -0.462 e. The zero-order chi connectivity index (χ0) is 71.2. The normalized spacial score (nSPS) is 13.9. The van der Waals surface area contributed by atoms with Gasteiger partial charge < -0.3 is 33.8 Å². The third kappa shape index (κ3) is 72.2. The summed E-state index contributed by atoms with van der Waals surface area (Å²) in [6, 6.07) is 0. The first-order valence-corrected chi connectivity index (χ1v) is 43.6. The Bertz CT molecular complexity index is 1860. The number of carbonyl (C=O) groups excluding carboxylic acids is 4. The summed E-state index contributed by atoms with van der Waals surface area (Å²) < 4.78 is 68.6. The average molecular weight is 1420 g/mol. The molecule has 576 valence electrons. The maximum absolute atomic E-state index is 13.1. The van der Waals surface area contributed by atoms with Crippen molar-refractivity contribution in [3.05, 3.63) is 0 Å². The molecule has 2 unspecified atom stereocenters. The lowest BCUT2D eigenvalue weighted by atomic mass is 10.0. The smallest absolute Gasteiger partial charge is 0.462 e. The van der Waals surface area contributed by atoms with Crippen molar-refractivity contribution in [2.45, 2.75) is 432 Å². The van der Waals surface area contributed by atoms with Gasteiger partial charge in [-0.1, -0.05) is 362 Å². The monoisotopic (exact) mass is 1420 g/mol. The Labute approximate surface area is 594 Å². The van der Waals surface area contributed by atoms with Crippen LogP contribution in [0.25, 0.3) is 0 Å². The van der Waals surface area contributed by atoms with Crippen LogP contribution in [0, 0.1) is 5.92 Å². The Morgan fingerprint density at radius 2 is 0.474 bits per heavy atom. The molecule has 0 saturated heterocycles. The molecular formula is C78H152O17P2. The van der Waals surface area contributed by atoms with E-state index in [9.17, 15) is 43.2 Å². The Kier molecular flexibility index (Phi) is 69.6. The van der Waals surface area contributed by atoms with Crippen LogP contribution in [0.5, 0.6) is 0 Å². The van der Waals surface area contributed by atoms with E-state index in [0.29, 0.717) is 25.7 Å². The molecule has 0 bridgehead atoms. The number of phosphoric ester groups is 2. The Morgan fingerprint density at radius 3 is 0.701 bits per heavy atom. The van der Waals surface area contributed by atoms with Crippen LogP contribution in [-0.4, -0.2) is 96.7 Å². The molecule has 3 N–H and O–H groups in total. The van der Waals surface area contributed by atoms with E-state index in [2.05, 4.69) is 34.6 Å². The van der Waals surface area contributed by atoms with Crippen LogP contribution in [-0.2, 0) is 65.4 Å². The predicted molar refractivity (Wildman–Crippen MR) is 395 cm³/mol. The molecule has 0 aromatic rings. The third-order valence-corrected chi connectivity index (χ3v) is 20.2. The van der Waals surface area contributed by atoms with E-state index in [1.54, 1.807) is 0 Å². The lowest BCUT2D eigenvalue weighted by Crippen LogP contribution is -2.30. The molecule has 0 aromatic heterocycles. The fourth-order valence-electron chi connectivity index (χ4n) is 12.1. The van der Waals surface area contributed by atoms with E-state index in [-0.39, 0.29) is 25.7 Å². The molecule has 0 spiro atoms. The quantitative estimate of drug-likeness (QED) is 0.0222. The summed E-state index contributed by atoms with van der Waals surface area (Å²) in [6.07, 6.45) is 60.9. The van der Waals surface area contributed by atoms with Crippen molar-refractivity contribution < 1.29 is 80.2 Å². The molecule has 0 rings (SSSR count). The molecule has 0 amide bonds. The Morgan fingerprint density at radius 1 is 0.278 bits per heavy atom. The number of rotatable bonds is 78. The highest BCUT2D eigenvalue weighted by molar-refractivity contribution is 7.47. The van der Waals surface area contributed by atoms with Gasteiger partial charge in [-0.15, -0.1) is 0 Å². The zero-order valence-corrected chi connectivity index (χ0v) is 65.0. The predicted octanol–water partition coefficient (Wildman–Crippen LogP) is 23.3. The van der Waals surface area contributed by atoms with Gasteiger partial charge in [0.15, 0.2) is 12.2 Å². The maximum atomic E-state index is 13.1. The number of carbonyl (C=O) groups is 4. The van der Waals surface area contributed by atoms with Crippen molar-refractivity contribution in [1.29, 1.82) is 0 Å². The SMILES string of the molecule is CCCCCCCCCCCCCCCCCCCCCC(=O)O[C@H](COC(=O)CCCCCCCCCCCCCC(C)C)COP(=O)(O)OC[C@@H](O)COP(=O)(O)OC[C@@H](COC(=O)CCCCCCCCCCCCC)OC(=O)CCCCCCCCCCCCCCC. The first-order valence-electron chi connectivity index (χ1n) is 40.6. The summed E-state index contributed by atoms with van der Waals surface area (Å²) in [4.78, 5) is 72.9. The number of phosphoric acid groups is 2. The number of aliphatic hydroxyl groups is 1. The molecule has 0 radical (unpaired) electrons. The number of unbranched alkanes of at least 4 members (excludes halogenated alkanes) is 50. The topological polar surface area (TPSA) is 237 Å². The lowest BCUT2D eigenvalue weighted by Gasteiger charge is -2.21. The summed E-state index contributed by atoms with van der Waals surface area (Å²) >= 11 is 0. The van der Waals surface area contributed by atoms with Crippen molar-refractivity contribution in [3.8, 4) is 0 Å². The molecule has 0 aromatic carbocycles. The summed E-state index contributed by atoms with van der Waals surface area (Å²) in [6.45, 7) is 7.31. The molecule has 19 heteroatoms. The highest BCUT2D eigenvalue weighted by Gasteiger charge is 2.30. The van der Waals surface area contributed by atoms with Crippen molar-refractivity contribution in [1.82, 2.24) is 0 Å². The number of esters is 4. The standard InChI is InChI=1S/C78H152O17P2/c1-6-9-12-15-18-21-24-26-27-28-29-30-31-33-38-44-49-54-59-64-78(83)95-74(68-89-76(81)62-57-52-47-42-39-34-36-40-45-50-55-60-71(4)5)70-93-97(86,87)91-66-72(79)65-90-96(84,85)92-69-73(67-88-75(80)61-56-51-46-41-35-23-20-17-14-11-8-3)94-77(82)63-58-53-48-43-37-32-25-22-19-16-13-10-7-2/h71-74,79H,6-70H2,1-5H3,(H,84,85)(H,86,87)/t72-,73+,74+/m0/s1. The highest BCUT2D eigenvalue weighted by Crippen LogP contribution is 2.45. The van der Waals surface area contributed by atoms with Crippen molar-refractivity contribution >= 4 is 39.5 Å². The lowest BCUT2D eigenvalue weighted by molar-refractivity contribution is -0.161. The second-order valence-corrected chi connectivity index (χ2v) is 31.5. The van der Waals surface area contributed by atoms with Crippen LogP contribution in [0.1, 0.15) is 413 Å². The van der Waals surface area contributed by atoms with Crippen molar-refractivity contribution in [2.24, 2.45) is 5.92 Å². The van der Waals surface area contributed by atoms with Crippen LogP contribution in [0.2, 0.25) is 0 Å². The molecule has 97 heavy (non-hydrogen) atoms. The highest BCUT2D eigenvalue weighted by atomic mass is 31.2. The first kappa shape index (κ1) is 95.1. The number of hydrogen-bond donors (Lipinski definition) is 3. The van der Waals surface area contributed by atoms with E-state index < -0.39 is 97.5 Å². The largest absolute Gasteiger partial charge is 0.472 e. The number of hydrogen-bond acceptors (Lipinski definition) is 15. The van der Waals surface area contributed by atoms with Crippen LogP contribution >= 0.6 is 15.6 Å². The van der Waals surface area contributed by atoms with Gasteiger partial charge in [0, 0.05) is 25.7 Å². The van der Waals surface area contributed by atoms with Gasteiger partial charge in [-0.3, -0.25) is 37.3 Å². The van der Waals surface area contributed by atoms with Crippen molar-refractivity contribution in [3.63, 3.8) is 0 Å². The van der Waals surface area contributed by atoms with Crippen LogP contribution < -0.4 is 0 Å². The van der Waals surface area contributed by atoms with Crippen molar-refractivity contribution in [2.75, 3.05) is 39.6 Å². The van der Waals surface area contributed by atoms with E-state index in [1.807, 2.05) is 0 Å². The van der Waals surface area contributed by atoms with Gasteiger partial charge in [-0.25, -0.2) is 9.13 Å².